The van der Waals surface area contributed by atoms with Gasteiger partial charge in [0.15, 0.2) is 0 Å². The lowest BCUT2D eigenvalue weighted by Gasteiger charge is -1.94. The molecule has 0 spiro atoms. The van der Waals surface area contributed by atoms with Gasteiger partial charge in [0.25, 0.3) is 0 Å². The van der Waals surface area contributed by atoms with Crippen LogP contribution in [0, 0.1) is 0 Å². The van der Waals surface area contributed by atoms with Crippen LogP contribution in [0.4, 0.5) is 0 Å². The molecule has 0 aromatic heterocycles. The van der Waals surface area contributed by atoms with Crippen LogP contribution in [0.3, 0.4) is 0 Å². The molecular weight excluding hydrogens is 315 g/mol. The number of benzene rings is 2. The maximum atomic E-state index is 5.70. The van der Waals surface area contributed by atoms with Gasteiger partial charge in [-0.15, -0.1) is 24.8 Å². The molecule has 4 N–H and O–H groups in total. The standard InChI is InChI=1S/2C9H11N.2ClH/c2*10-9-6-8(9)7-4-2-1-3-5-7;;/h2*1-5,8-9H,6,10H2;2*1H/t2*8-,9-;;/m10../s1. The topological polar surface area (TPSA) is 52.0 Å². The summed E-state index contributed by atoms with van der Waals surface area (Å²) < 4.78 is 0. The van der Waals surface area contributed by atoms with E-state index in [0.29, 0.717) is 23.9 Å². The minimum atomic E-state index is 0. The molecule has 2 saturated carbocycles. The first-order valence-corrected chi connectivity index (χ1v) is 7.37. The first-order valence-electron chi connectivity index (χ1n) is 7.37. The minimum Gasteiger partial charge on any atom is -0.327 e. The van der Waals surface area contributed by atoms with Gasteiger partial charge in [0.2, 0.25) is 0 Å². The maximum Gasteiger partial charge on any atom is 0.0115 e. The number of halogens is 2. The average molecular weight is 339 g/mol. The normalized spacial score (nSPS) is 27.4. The Labute approximate surface area is 145 Å². The van der Waals surface area contributed by atoms with E-state index in [0.717, 1.165) is 0 Å². The van der Waals surface area contributed by atoms with Crippen LogP contribution in [0.15, 0.2) is 60.7 Å². The molecule has 2 aromatic carbocycles. The molecule has 4 rings (SSSR count). The molecule has 4 heteroatoms. The molecule has 2 aromatic rings. The van der Waals surface area contributed by atoms with Crippen molar-refractivity contribution in [2.45, 2.75) is 36.8 Å². The Morgan fingerprint density at radius 1 is 0.591 bits per heavy atom. The van der Waals surface area contributed by atoms with Gasteiger partial charge >= 0.3 is 0 Å². The Kier molecular flexibility index (Phi) is 7.37. The largest absolute Gasteiger partial charge is 0.327 e. The Bertz CT molecular complexity index is 496. The maximum absolute atomic E-state index is 5.70. The van der Waals surface area contributed by atoms with Crippen LogP contribution >= 0.6 is 24.8 Å². The number of hydrogen-bond donors (Lipinski definition) is 2. The van der Waals surface area contributed by atoms with Crippen molar-refractivity contribution in [3.63, 3.8) is 0 Å². The van der Waals surface area contributed by atoms with Crippen LogP contribution in [0.5, 0.6) is 0 Å². The van der Waals surface area contributed by atoms with Crippen molar-refractivity contribution in [1.82, 2.24) is 0 Å². The van der Waals surface area contributed by atoms with Gasteiger partial charge in [-0.3, -0.25) is 0 Å². The Morgan fingerprint density at radius 2 is 0.864 bits per heavy atom. The van der Waals surface area contributed by atoms with E-state index in [-0.39, 0.29) is 24.8 Å². The zero-order valence-corrected chi connectivity index (χ0v) is 14.1. The highest BCUT2D eigenvalue weighted by Gasteiger charge is 2.34. The average Bonchev–Trinajstić information content (AvgIpc) is 3.40. The summed E-state index contributed by atoms with van der Waals surface area (Å²) in [5, 5.41) is 0. The third-order valence-corrected chi connectivity index (χ3v) is 4.14. The lowest BCUT2D eigenvalue weighted by atomic mass is 10.1. The quantitative estimate of drug-likeness (QED) is 0.873. The number of nitrogens with two attached hydrogens (primary N) is 2. The summed E-state index contributed by atoms with van der Waals surface area (Å²) in [6.07, 6.45) is 2.34. The van der Waals surface area contributed by atoms with E-state index in [1.54, 1.807) is 0 Å². The van der Waals surface area contributed by atoms with Crippen molar-refractivity contribution in [2.24, 2.45) is 11.5 Å². The lowest BCUT2D eigenvalue weighted by Crippen LogP contribution is -2.00. The molecule has 0 amide bonds. The molecule has 2 aliphatic carbocycles. The zero-order valence-electron chi connectivity index (χ0n) is 12.5. The molecule has 2 nitrogen and oxygen atoms in total. The second-order valence-corrected chi connectivity index (χ2v) is 5.83. The highest BCUT2D eigenvalue weighted by molar-refractivity contribution is 5.85. The molecule has 0 unspecified atom stereocenters. The summed E-state index contributed by atoms with van der Waals surface area (Å²) in [4.78, 5) is 0. The Balaban J connectivity index is 0.000000202. The molecule has 0 bridgehead atoms. The van der Waals surface area contributed by atoms with E-state index in [9.17, 15) is 0 Å². The highest BCUT2D eigenvalue weighted by atomic mass is 35.5. The molecule has 120 valence electrons. The number of rotatable bonds is 2. The predicted octanol–water partition coefficient (Wildman–Crippen LogP) is 3.85. The van der Waals surface area contributed by atoms with Crippen LogP contribution < -0.4 is 11.5 Å². The van der Waals surface area contributed by atoms with Crippen molar-refractivity contribution < 1.29 is 0 Å². The Morgan fingerprint density at radius 3 is 1.09 bits per heavy atom. The van der Waals surface area contributed by atoms with Gasteiger partial charge in [0, 0.05) is 23.9 Å². The van der Waals surface area contributed by atoms with E-state index in [1.807, 2.05) is 12.1 Å². The van der Waals surface area contributed by atoms with Gasteiger partial charge in [-0.1, -0.05) is 60.7 Å². The molecule has 0 aliphatic heterocycles. The smallest absolute Gasteiger partial charge is 0.0115 e. The zero-order chi connectivity index (χ0) is 13.9. The first kappa shape index (κ1) is 19.0. The van der Waals surface area contributed by atoms with Crippen molar-refractivity contribution in [1.29, 1.82) is 0 Å². The van der Waals surface area contributed by atoms with Crippen molar-refractivity contribution in [3.8, 4) is 0 Å². The fraction of sp³-hybridized carbons (Fsp3) is 0.333. The summed E-state index contributed by atoms with van der Waals surface area (Å²) in [6, 6.07) is 21.8. The van der Waals surface area contributed by atoms with Crippen LogP contribution in [-0.2, 0) is 0 Å². The summed E-state index contributed by atoms with van der Waals surface area (Å²) >= 11 is 0. The fourth-order valence-electron chi connectivity index (χ4n) is 2.60. The molecule has 4 atom stereocenters. The van der Waals surface area contributed by atoms with E-state index >= 15 is 0 Å². The molecular formula is C18H24Cl2N2. The second kappa shape index (κ2) is 8.54. The van der Waals surface area contributed by atoms with E-state index in [4.69, 9.17) is 11.5 Å². The third kappa shape index (κ3) is 4.99. The lowest BCUT2D eigenvalue weighted by molar-refractivity contribution is 0.990. The minimum absolute atomic E-state index is 0. The SMILES string of the molecule is Cl.Cl.N[C@@H]1C[C@@H]1c1ccccc1.N[C@H]1C[C@H]1c1ccccc1. The van der Waals surface area contributed by atoms with Gasteiger partial charge in [-0.2, -0.15) is 0 Å². The van der Waals surface area contributed by atoms with Gasteiger partial charge in [-0.25, -0.2) is 0 Å². The first-order chi connectivity index (χ1) is 9.75. The van der Waals surface area contributed by atoms with E-state index in [2.05, 4.69) is 48.5 Å². The molecule has 0 saturated heterocycles. The molecule has 2 fully saturated rings. The van der Waals surface area contributed by atoms with E-state index in [1.165, 1.54) is 24.0 Å². The van der Waals surface area contributed by atoms with Crippen LogP contribution in [0.1, 0.15) is 35.8 Å². The third-order valence-electron chi connectivity index (χ3n) is 4.14. The summed E-state index contributed by atoms with van der Waals surface area (Å²) in [5.74, 6) is 1.31. The molecule has 0 radical (unpaired) electrons. The van der Waals surface area contributed by atoms with Gasteiger partial charge in [-0.05, 0) is 24.0 Å². The molecule has 0 heterocycles. The highest BCUT2D eigenvalue weighted by Crippen LogP contribution is 2.39. The van der Waals surface area contributed by atoms with Crippen molar-refractivity contribution in [3.05, 3.63) is 71.8 Å². The predicted molar refractivity (Wildman–Crippen MR) is 98.0 cm³/mol. The monoisotopic (exact) mass is 338 g/mol. The summed E-state index contributed by atoms with van der Waals surface area (Å²) in [6.45, 7) is 0. The van der Waals surface area contributed by atoms with Gasteiger partial charge < -0.3 is 11.5 Å². The van der Waals surface area contributed by atoms with Crippen molar-refractivity contribution >= 4 is 24.8 Å². The summed E-state index contributed by atoms with van der Waals surface area (Å²) in [7, 11) is 0. The van der Waals surface area contributed by atoms with Gasteiger partial charge in [0.1, 0.15) is 0 Å². The van der Waals surface area contributed by atoms with Crippen LogP contribution in [0.25, 0.3) is 0 Å². The Hall–Kier alpha value is -1.06. The van der Waals surface area contributed by atoms with Crippen molar-refractivity contribution in [2.75, 3.05) is 0 Å². The van der Waals surface area contributed by atoms with Gasteiger partial charge in [0.05, 0.1) is 0 Å². The van der Waals surface area contributed by atoms with Crippen LogP contribution in [-0.4, -0.2) is 12.1 Å². The molecule has 22 heavy (non-hydrogen) atoms. The fourth-order valence-corrected chi connectivity index (χ4v) is 2.60. The summed E-state index contributed by atoms with van der Waals surface area (Å²) in [5.41, 5.74) is 14.2. The number of hydrogen-bond acceptors (Lipinski definition) is 2. The van der Waals surface area contributed by atoms with E-state index < -0.39 is 0 Å². The molecule has 2 aliphatic rings. The second-order valence-electron chi connectivity index (χ2n) is 5.83. The van der Waals surface area contributed by atoms with Crippen LogP contribution in [0.2, 0.25) is 0 Å².